The molecule has 0 spiro atoms. The van der Waals surface area contributed by atoms with E-state index < -0.39 is 18.1 Å². The molecular formula is C9H7Br2F2NO2. The molecule has 0 N–H and O–H groups in total. The molecule has 0 saturated carbocycles. The van der Waals surface area contributed by atoms with Crippen molar-refractivity contribution < 1.29 is 18.3 Å². The summed E-state index contributed by atoms with van der Waals surface area (Å²) in [4.78, 5) is 15.0. The van der Waals surface area contributed by atoms with Crippen molar-refractivity contribution in [2.75, 3.05) is 7.11 Å². The number of carbonyl (C=O) groups is 1. The molecule has 0 radical (unpaired) electrons. The van der Waals surface area contributed by atoms with Gasteiger partial charge in [-0.25, -0.2) is 18.6 Å². The fourth-order valence-corrected chi connectivity index (χ4v) is 2.59. The second-order valence-electron chi connectivity index (χ2n) is 2.79. The zero-order valence-corrected chi connectivity index (χ0v) is 11.3. The first kappa shape index (κ1) is 13.5. The third kappa shape index (κ3) is 2.76. The maximum absolute atomic E-state index is 12.5. The van der Waals surface area contributed by atoms with E-state index in [9.17, 15) is 13.6 Å². The maximum Gasteiger partial charge on any atom is 0.338 e. The van der Waals surface area contributed by atoms with Crippen molar-refractivity contribution in [1.82, 2.24) is 4.98 Å². The molecule has 16 heavy (non-hydrogen) atoms. The topological polar surface area (TPSA) is 39.2 Å². The van der Waals surface area contributed by atoms with Crippen LogP contribution in [0.4, 0.5) is 8.78 Å². The highest BCUT2D eigenvalue weighted by molar-refractivity contribution is 9.10. The van der Waals surface area contributed by atoms with Crippen LogP contribution < -0.4 is 0 Å². The molecule has 1 aromatic heterocycles. The molecule has 7 heteroatoms. The van der Waals surface area contributed by atoms with Crippen molar-refractivity contribution in [2.24, 2.45) is 0 Å². The Hall–Kier alpha value is -0.560. The molecule has 1 heterocycles. The van der Waals surface area contributed by atoms with Gasteiger partial charge in [0.15, 0.2) is 0 Å². The second-order valence-corrected chi connectivity index (χ2v) is 4.10. The number of esters is 1. The number of alkyl halides is 3. The van der Waals surface area contributed by atoms with E-state index in [0.29, 0.717) is 10.9 Å². The summed E-state index contributed by atoms with van der Waals surface area (Å²) >= 11 is 6.19. The lowest BCUT2D eigenvalue weighted by atomic mass is 10.1. The number of carbonyl (C=O) groups excluding carboxylic acids is 1. The highest BCUT2D eigenvalue weighted by Crippen LogP contribution is 2.27. The number of pyridine rings is 1. The Morgan fingerprint density at radius 2 is 2.25 bits per heavy atom. The largest absolute Gasteiger partial charge is 0.465 e. The van der Waals surface area contributed by atoms with Crippen LogP contribution in [0.15, 0.2) is 10.7 Å². The van der Waals surface area contributed by atoms with Gasteiger partial charge < -0.3 is 4.74 Å². The van der Waals surface area contributed by atoms with Crippen LogP contribution >= 0.6 is 31.9 Å². The molecular weight excluding hydrogens is 352 g/mol. The molecule has 0 unspecified atom stereocenters. The fraction of sp³-hybridized carbons (Fsp3) is 0.333. The van der Waals surface area contributed by atoms with E-state index >= 15 is 0 Å². The quantitative estimate of drug-likeness (QED) is 0.472. The summed E-state index contributed by atoms with van der Waals surface area (Å²) in [7, 11) is 1.19. The minimum atomic E-state index is -2.73. The van der Waals surface area contributed by atoms with E-state index in [0.717, 1.165) is 6.07 Å². The van der Waals surface area contributed by atoms with Gasteiger partial charge in [0.25, 0.3) is 6.43 Å². The molecule has 0 aliphatic rings. The number of rotatable bonds is 3. The van der Waals surface area contributed by atoms with Gasteiger partial charge in [0.2, 0.25) is 0 Å². The standard InChI is InChI=1S/C9H7Br2F2NO2/c1-16-9(15)4-2-6(8(12)13)14-7(11)5(4)3-10/h2,8H,3H2,1H3. The third-order valence-corrected chi connectivity index (χ3v) is 3.07. The normalized spacial score (nSPS) is 10.6. The fourth-order valence-electron chi connectivity index (χ4n) is 1.09. The van der Waals surface area contributed by atoms with Gasteiger partial charge in [0.1, 0.15) is 10.3 Å². The molecule has 0 bridgehead atoms. The van der Waals surface area contributed by atoms with Gasteiger partial charge in [-0.1, -0.05) is 15.9 Å². The van der Waals surface area contributed by atoms with Crippen molar-refractivity contribution in [3.05, 3.63) is 27.5 Å². The Bertz CT molecular complexity index is 413. The Labute approximate surface area is 107 Å². The number of methoxy groups -OCH3 is 1. The summed E-state index contributed by atoms with van der Waals surface area (Å²) in [5.41, 5.74) is 0.102. The van der Waals surface area contributed by atoms with E-state index in [2.05, 4.69) is 41.6 Å². The monoisotopic (exact) mass is 357 g/mol. The van der Waals surface area contributed by atoms with E-state index in [1.807, 2.05) is 0 Å². The summed E-state index contributed by atoms with van der Waals surface area (Å²) in [5.74, 6) is -0.667. The van der Waals surface area contributed by atoms with E-state index in [4.69, 9.17) is 0 Å². The predicted molar refractivity (Wildman–Crippen MR) is 60.9 cm³/mol. The number of hydrogen-bond donors (Lipinski definition) is 0. The number of aromatic nitrogens is 1. The number of nitrogens with zero attached hydrogens (tertiary/aromatic N) is 1. The minimum Gasteiger partial charge on any atom is -0.465 e. The van der Waals surface area contributed by atoms with Gasteiger partial charge in [-0.15, -0.1) is 0 Å². The van der Waals surface area contributed by atoms with Crippen molar-refractivity contribution in [2.45, 2.75) is 11.8 Å². The van der Waals surface area contributed by atoms with Gasteiger partial charge in [-0.2, -0.15) is 0 Å². The van der Waals surface area contributed by atoms with Gasteiger partial charge in [0.05, 0.1) is 12.7 Å². The van der Waals surface area contributed by atoms with E-state index in [-0.39, 0.29) is 10.2 Å². The van der Waals surface area contributed by atoms with Crippen LogP contribution in [0.1, 0.15) is 28.0 Å². The Balaban J connectivity index is 3.36. The first-order valence-electron chi connectivity index (χ1n) is 4.13. The smallest absolute Gasteiger partial charge is 0.338 e. The highest BCUT2D eigenvalue weighted by Gasteiger charge is 2.20. The van der Waals surface area contributed by atoms with E-state index in [1.165, 1.54) is 7.11 Å². The molecule has 88 valence electrons. The lowest BCUT2D eigenvalue weighted by molar-refractivity contribution is 0.0599. The Morgan fingerprint density at radius 1 is 1.62 bits per heavy atom. The van der Waals surface area contributed by atoms with Crippen molar-refractivity contribution in [3.63, 3.8) is 0 Å². The van der Waals surface area contributed by atoms with Crippen molar-refractivity contribution >= 4 is 37.8 Å². The molecule has 3 nitrogen and oxygen atoms in total. The lowest BCUT2D eigenvalue weighted by Gasteiger charge is -2.09. The molecule has 0 saturated heterocycles. The maximum atomic E-state index is 12.5. The van der Waals surface area contributed by atoms with Crippen molar-refractivity contribution in [3.8, 4) is 0 Å². The summed E-state index contributed by atoms with van der Waals surface area (Å²) in [5, 5.41) is 0.314. The van der Waals surface area contributed by atoms with Crippen LogP contribution in [0.25, 0.3) is 0 Å². The number of ether oxygens (including phenoxy) is 1. The van der Waals surface area contributed by atoms with Gasteiger partial charge in [0, 0.05) is 10.9 Å². The average molecular weight is 359 g/mol. The SMILES string of the molecule is COC(=O)c1cc(C(F)F)nc(Br)c1CBr. The minimum absolute atomic E-state index is 0.0801. The van der Waals surface area contributed by atoms with Crippen LogP contribution in [0.2, 0.25) is 0 Å². The summed E-state index contributed by atoms with van der Waals surface area (Å²) in [6.07, 6.45) is -2.73. The molecule has 0 aliphatic carbocycles. The Kier molecular flexibility index (Phi) is 4.79. The first-order chi connectivity index (χ1) is 7.51. The molecule has 1 rings (SSSR count). The van der Waals surface area contributed by atoms with Gasteiger partial charge in [-0.3, -0.25) is 0 Å². The number of halogens is 4. The molecule has 0 aromatic carbocycles. The Morgan fingerprint density at radius 3 is 2.69 bits per heavy atom. The van der Waals surface area contributed by atoms with Crippen molar-refractivity contribution in [1.29, 1.82) is 0 Å². The molecule has 1 aromatic rings. The predicted octanol–water partition coefficient (Wildman–Crippen LogP) is 3.46. The van der Waals surface area contributed by atoms with Gasteiger partial charge >= 0.3 is 5.97 Å². The van der Waals surface area contributed by atoms with Crippen LogP contribution in [0.5, 0.6) is 0 Å². The molecule has 0 aliphatic heterocycles. The molecule has 0 atom stereocenters. The molecule has 0 amide bonds. The highest BCUT2D eigenvalue weighted by atomic mass is 79.9. The van der Waals surface area contributed by atoms with E-state index in [1.54, 1.807) is 0 Å². The summed E-state index contributed by atoms with van der Waals surface area (Å²) < 4.78 is 29.7. The molecule has 0 fully saturated rings. The van der Waals surface area contributed by atoms with Crippen LogP contribution in [-0.4, -0.2) is 18.1 Å². The van der Waals surface area contributed by atoms with Gasteiger partial charge in [-0.05, 0) is 22.0 Å². The zero-order valence-electron chi connectivity index (χ0n) is 8.14. The lowest BCUT2D eigenvalue weighted by Crippen LogP contribution is -2.08. The van der Waals surface area contributed by atoms with Crippen LogP contribution in [0.3, 0.4) is 0 Å². The third-order valence-electron chi connectivity index (χ3n) is 1.86. The number of hydrogen-bond acceptors (Lipinski definition) is 3. The summed E-state index contributed by atoms with van der Waals surface area (Å²) in [6.45, 7) is 0. The summed E-state index contributed by atoms with van der Waals surface area (Å²) in [6, 6.07) is 1.04. The average Bonchev–Trinajstić information content (AvgIpc) is 2.26. The second kappa shape index (κ2) is 5.67. The zero-order chi connectivity index (χ0) is 12.3. The first-order valence-corrected chi connectivity index (χ1v) is 6.04. The van der Waals surface area contributed by atoms with Crippen LogP contribution in [-0.2, 0) is 10.1 Å². The van der Waals surface area contributed by atoms with Crippen LogP contribution in [0, 0.1) is 0 Å².